The first-order valence-electron chi connectivity index (χ1n) is 6.37. The van der Waals surface area contributed by atoms with Crippen LogP contribution in [0.15, 0.2) is 39.8 Å². The summed E-state index contributed by atoms with van der Waals surface area (Å²) in [6.45, 7) is 1.32. The van der Waals surface area contributed by atoms with Crippen molar-refractivity contribution in [2.75, 3.05) is 17.0 Å². The Kier molecular flexibility index (Phi) is 5.30. The van der Waals surface area contributed by atoms with Crippen molar-refractivity contribution in [2.24, 2.45) is 0 Å². The molecule has 126 valence electrons. The van der Waals surface area contributed by atoms with Crippen molar-refractivity contribution in [3.63, 3.8) is 0 Å². The molecule has 0 unspecified atom stereocenters. The molecule has 11 heteroatoms. The number of benzene rings is 1. The zero-order chi connectivity index (χ0) is 17.1. The summed E-state index contributed by atoms with van der Waals surface area (Å²) in [5, 5.41) is 3.90. The normalized spacial score (nSPS) is 12.3. The minimum absolute atomic E-state index is 0.000571. The van der Waals surface area contributed by atoms with E-state index in [9.17, 15) is 16.8 Å². The summed E-state index contributed by atoms with van der Waals surface area (Å²) in [7, 11) is -7.56. The fourth-order valence-electron chi connectivity index (χ4n) is 1.63. The molecule has 0 saturated carbocycles. The van der Waals surface area contributed by atoms with Crippen molar-refractivity contribution in [1.82, 2.24) is 9.88 Å². The number of rotatable bonds is 7. The van der Waals surface area contributed by atoms with Crippen LogP contribution < -0.4 is 9.44 Å². The highest BCUT2D eigenvalue weighted by atomic mass is 35.5. The summed E-state index contributed by atoms with van der Waals surface area (Å²) < 4.78 is 56.8. The molecule has 0 spiro atoms. The maximum atomic E-state index is 12.0. The van der Waals surface area contributed by atoms with Gasteiger partial charge in [-0.15, -0.1) is 0 Å². The smallest absolute Gasteiger partial charge is 0.240 e. The van der Waals surface area contributed by atoms with Gasteiger partial charge >= 0.3 is 0 Å². The predicted octanol–water partition coefficient (Wildman–Crippen LogP) is 1.36. The summed E-state index contributed by atoms with van der Waals surface area (Å²) >= 11 is 5.69. The third-order valence-corrected chi connectivity index (χ3v) is 5.67. The van der Waals surface area contributed by atoms with E-state index in [0.29, 0.717) is 10.8 Å². The molecule has 1 aromatic heterocycles. The maximum Gasteiger partial charge on any atom is 0.240 e. The number of halogens is 1. The van der Waals surface area contributed by atoms with Gasteiger partial charge < -0.3 is 4.52 Å². The lowest BCUT2D eigenvalue weighted by atomic mass is 10.4. The van der Waals surface area contributed by atoms with Gasteiger partial charge in [0, 0.05) is 17.6 Å². The number of aromatic nitrogens is 1. The number of hydrogen-bond acceptors (Lipinski definition) is 6. The van der Waals surface area contributed by atoms with E-state index in [1.807, 2.05) is 0 Å². The molecule has 8 nitrogen and oxygen atoms in total. The summed E-state index contributed by atoms with van der Waals surface area (Å²) in [6, 6.07) is 6.93. The van der Waals surface area contributed by atoms with Crippen LogP contribution in [-0.2, 0) is 20.0 Å². The van der Waals surface area contributed by atoms with E-state index in [-0.39, 0.29) is 17.3 Å². The van der Waals surface area contributed by atoms with Gasteiger partial charge in [0.25, 0.3) is 0 Å². The van der Waals surface area contributed by atoms with Crippen LogP contribution in [0.3, 0.4) is 0 Å². The Morgan fingerprint density at radius 1 is 1.17 bits per heavy atom. The van der Waals surface area contributed by atoms with Crippen LogP contribution in [0.25, 0.3) is 0 Å². The van der Waals surface area contributed by atoms with E-state index in [4.69, 9.17) is 16.1 Å². The Balaban J connectivity index is 1.94. The second-order valence-electron chi connectivity index (χ2n) is 4.60. The largest absolute Gasteiger partial charge is 0.360 e. The molecule has 1 heterocycles. The number of nitrogens with one attached hydrogen (secondary N) is 2. The summed E-state index contributed by atoms with van der Waals surface area (Å²) in [5.41, 5.74) is 0. The molecule has 0 aliphatic rings. The van der Waals surface area contributed by atoms with Gasteiger partial charge in [-0.3, -0.25) is 4.72 Å². The third kappa shape index (κ3) is 5.20. The molecule has 2 N–H and O–H groups in total. The van der Waals surface area contributed by atoms with Crippen molar-refractivity contribution in [2.45, 2.75) is 11.8 Å². The SMILES string of the molecule is Cc1cc(NS(=O)(=O)CCNS(=O)(=O)c2ccc(Cl)cc2)no1. The number of hydrogen-bond donors (Lipinski definition) is 2. The lowest BCUT2D eigenvalue weighted by molar-refractivity contribution is 0.400. The van der Waals surface area contributed by atoms with Crippen LogP contribution in [0.5, 0.6) is 0 Å². The van der Waals surface area contributed by atoms with Crippen molar-refractivity contribution in [1.29, 1.82) is 0 Å². The van der Waals surface area contributed by atoms with Gasteiger partial charge in [0.1, 0.15) is 5.76 Å². The average molecular weight is 380 g/mol. The zero-order valence-electron chi connectivity index (χ0n) is 12.0. The van der Waals surface area contributed by atoms with Gasteiger partial charge in [0.05, 0.1) is 10.6 Å². The molecule has 2 aromatic rings. The minimum Gasteiger partial charge on any atom is -0.360 e. The van der Waals surface area contributed by atoms with Crippen molar-refractivity contribution in [3.8, 4) is 0 Å². The highest BCUT2D eigenvalue weighted by Gasteiger charge is 2.17. The van der Waals surface area contributed by atoms with E-state index >= 15 is 0 Å². The average Bonchev–Trinajstić information content (AvgIpc) is 2.83. The van der Waals surface area contributed by atoms with Crippen LogP contribution in [0.4, 0.5) is 5.82 Å². The Bertz CT molecular complexity index is 876. The Labute approximate surface area is 138 Å². The first kappa shape index (κ1) is 17.7. The lowest BCUT2D eigenvalue weighted by Gasteiger charge is -2.08. The fourth-order valence-corrected chi connectivity index (χ4v) is 3.81. The van der Waals surface area contributed by atoms with Crippen LogP contribution in [-0.4, -0.2) is 34.3 Å². The summed E-state index contributed by atoms with van der Waals surface area (Å²) in [5.74, 6) is 0.0420. The second-order valence-corrected chi connectivity index (χ2v) is 8.64. The number of sulfonamides is 2. The van der Waals surface area contributed by atoms with E-state index in [1.165, 1.54) is 30.3 Å². The van der Waals surface area contributed by atoms with Gasteiger partial charge in [-0.05, 0) is 31.2 Å². The van der Waals surface area contributed by atoms with Crippen LogP contribution in [0, 0.1) is 6.92 Å². The highest BCUT2D eigenvalue weighted by Crippen LogP contribution is 2.14. The van der Waals surface area contributed by atoms with Gasteiger partial charge in [-0.2, -0.15) is 0 Å². The predicted molar refractivity (Wildman–Crippen MR) is 85.3 cm³/mol. The first-order valence-corrected chi connectivity index (χ1v) is 9.88. The number of anilines is 1. The first-order chi connectivity index (χ1) is 10.7. The van der Waals surface area contributed by atoms with Gasteiger partial charge in [-0.25, -0.2) is 21.6 Å². The molecule has 0 saturated heterocycles. The quantitative estimate of drug-likeness (QED) is 0.749. The minimum atomic E-state index is -3.80. The molecule has 0 fully saturated rings. The van der Waals surface area contributed by atoms with Crippen LogP contribution in [0.2, 0.25) is 5.02 Å². The van der Waals surface area contributed by atoms with Gasteiger partial charge in [0.15, 0.2) is 5.82 Å². The van der Waals surface area contributed by atoms with Crippen LogP contribution >= 0.6 is 11.6 Å². The molecule has 1 aromatic carbocycles. The van der Waals surface area contributed by atoms with Crippen LogP contribution in [0.1, 0.15) is 5.76 Å². The van der Waals surface area contributed by atoms with E-state index < -0.39 is 25.8 Å². The topological polar surface area (TPSA) is 118 Å². The molecule has 23 heavy (non-hydrogen) atoms. The molecular weight excluding hydrogens is 366 g/mol. The van der Waals surface area contributed by atoms with E-state index in [1.54, 1.807) is 6.92 Å². The highest BCUT2D eigenvalue weighted by molar-refractivity contribution is 7.92. The molecule has 0 amide bonds. The Hall–Kier alpha value is -1.62. The molecular formula is C12H14ClN3O5S2. The van der Waals surface area contributed by atoms with Gasteiger partial charge in [-0.1, -0.05) is 16.8 Å². The van der Waals surface area contributed by atoms with E-state index in [0.717, 1.165) is 0 Å². The molecule has 0 aliphatic heterocycles. The standard InChI is InChI=1S/C12H14ClN3O5S2/c1-9-8-12(15-21-9)16-22(17,18)7-6-14-23(19,20)11-4-2-10(13)3-5-11/h2-5,8,14H,6-7H2,1H3,(H,15,16). The summed E-state index contributed by atoms with van der Waals surface area (Å²) in [6.07, 6.45) is 0. The molecule has 2 rings (SSSR count). The van der Waals surface area contributed by atoms with E-state index in [2.05, 4.69) is 14.6 Å². The van der Waals surface area contributed by atoms with Gasteiger partial charge in [0.2, 0.25) is 20.0 Å². The van der Waals surface area contributed by atoms with Crippen molar-refractivity contribution in [3.05, 3.63) is 41.1 Å². The second kappa shape index (κ2) is 6.87. The maximum absolute atomic E-state index is 12.0. The monoisotopic (exact) mass is 379 g/mol. The molecule has 0 atom stereocenters. The summed E-state index contributed by atoms with van der Waals surface area (Å²) in [4.78, 5) is -0.000571. The third-order valence-electron chi connectivity index (χ3n) is 2.67. The lowest BCUT2D eigenvalue weighted by Crippen LogP contribution is -2.31. The Morgan fingerprint density at radius 3 is 2.39 bits per heavy atom. The number of aryl methyl sites for hydroxylation is 1. The Morgan fingerprint density at radius 2 is 1.83 bits per heavy atom. The molecule has 0 bridgehead atoms. The zero-order valence-corrected chi connectivity index (χ0v) is 14.4. The van der Waals surface area contributed by atoms with Crippen molar-refractivity contribution < 1.29 is 21.4 Å². The number of nitrogens with zero attached hydrogens (tertiary/aromatic N) is 1. The fraction of sp³-hybridized carbons (Fsp3) is 0.250. The van der Waals surface area contributed by atoms with Crippen molar-refractivity contribution >= 4 is 37.5 Å². The molecule has 0 radical (unpaired) electrons. The molecule has 0 aliphatic carbocycles.